The quantitative estimate of drug-likeness (QED) is 0.819. The number of amides is 1. The van der Waals surface area contributed by atoms with Crippen LogP contribution in [0, 0.1) is 6.92 Å². The molecule has 1 saturated carbocycles. The van der Waals surface area contributed by atoms with Crippen molar-refractivity contribution in [2.24, 2.45) is 0 Å². The van der Waals surface area contributed by atoms with Crippen molar-refractivity contribution in [2.75, 3.05) is 18.4 Å². The zero-order valence-electron chi connectivity index (χ0n) is 12.9. The lowest BCUT2D eigenvalue weighted by molar-refractivity contribution is 0.0744. The number of carbonyl (C=O) groups excluding carboxylic acids is 1. The predicted molar refractivity (Wildman–Crippen MR) is 84.3 cm³/mol. The summed E-state index contributed by atoms with van der Waals surface area (Å²) < 4.78 is 0. The van der Waals surface area contributed by atoms with Gasteiger partial charge < -0.3 is 10.2 Å². The van der Waals surface area contributed by atoms with Crippen LogP contribution in [0.25, 0.3) is 0 Å². The molecule has 0 saturated heterocycles. The van der Waals surface area contributed by atoms with E-state index in [9.17, 15) is 4.79 Å². The van der Waals surface area contributed by atoms with Gasteiger partial charge in [-0.1, -0.05) is 19.9 Å². The zero-order chi connectivity index (χ0) is 14.5. The monoisotopic (exact) mass is 274 g/mol. The number of hydrogen-bond acceptors (Lipinski definition) is 2. The molecule has 1 N–H and O–H groups in total. The first-order valence-electron chi connectivity index (χ1n) is 7.82. The summed E-state index contributed by atoms with van der Waals surface area (Å²) in [5.41, 5.74) is 3.00. The molecule has 1 aliphatic rings. The molecule has 110 valence electrons. The standard InChI is InChI=1S/C17H26N2O/c1-4-10-18-16-12-13(3)6-9-15(16)17(20)19(11-5-2)14-7-8-14/h6,9,12,14,18H,4-5,7-8,10-11H2,1-3H3. The van der Waals surface area contributed by atoms with Gasteiger partial charge in [0, 0.05) is 24.8 Å². The van der Waals surface area contributed by atoms with Crippen LogP contribution in [0.5, 0.6) is 0 Å². The Hall–Kier alpha value is -1.51. The highest BCUT2D eigenvalue weighted by Crippen LogP contribution is 2.30. The van der Waals surface area contributed by atoms with Gasteiger partial charge in [-0.3, -0.25) is 4.79 Å². The van der Waals surface area contributed by atoms with Crippen LogP contribution < -0.4 is 5.32 Å². The molecule has 2 rings (SSSR count). The lowest BCUT2D eigenvalue weighted by Gasteiger charge is -2.23. The molecule has 3 heteroatoms. The Morgan fingerprint density at radius 3 is 2.65 bits per heavy atom. The molecule has 1 amide bonds. The smallest absolute Gasteiger partial charge is 0.256 e. The first-order chi connectivity index (χ1) is 9.67. The van der Waals surface area contributed by atoms with Crippen molar-refractivity contribution in [1.82, 2.24) is 4.90 Å². The number of nitrogens with zero attached hydrogens (tertiary/aromatic N) is 1. The first-order valence-corrected chi connectivity index (χ1v) is 7.82. The molecule has 0 atom stereocenters. The van der Waals surface area contributed by atoms with Crippen LogP contribution in [0.2, 0.25) is 0 Å². The zero-order valence-corrected chi connectivity index (χ0v) is 12.9. The molecule has 0 unspecified atom stereocenters. The number of anilines is 1. The number of aryl methyl sites for hydroxylation is 1. The molecule has 3 nitrogen and oxygen atoms in total. The van der Waals surface area contributed by atoms with Gasteiger partial charge in [0.05, 0.1) is 5.56 Å². The summed E-state index contributed by atoms with van der Waals surface area (Å²) in [6.07, 6.45) is 4.40. The maximum atomic E-state index is 12.8. The van der Waals surface area contributed by atoms with Crippen LogP contribution in [0.4, 0.5) is 5.69 Å². The topological polar surface area (TPSA) is 32.3 Å². The van der Waals surface area contributed by atoms with E-state index >= 15 is 0 Å². The van der Waals surface area contributed by atoms with Crippen LogP contribution in [0.15, 0.2) is 18.2 Å². The van der Waals surface area contributed by atoms with E-state index in [4.69, 9.17) is 0 Å². The molecule has 0 bridgehead atoms. The van der Waals surface area contributed by atoms with Crippen LogP contribution in [0.3, 0.4) is 0 Å². The first kappa shape index (κ1) is 14.9. The van der Waals surface area contributed by atoms with Gasteiger partial charge in [0.1, 0.15) is 0 Å². The maximum Gasteiger partial charge on any atom is 0.256 e. The average molecular weight is 274 g/mol. The van der Waals surface area contributed by atoms with Gasteiger partial charge in [0.25, 0.3) is 5.91 Å². The van der Waals surface area contributed by atoms with Crippen molar-refractivity contribution in [2.45, 2.75) is 52.5 Å². The van der Waals surface area contributed by atoms with Crippen molar-refractivity contribution in [3.05, 3.63) is 29.3 Å². The number of benzene rings is 1. The summed E-state index contributed by atoms with van der Waals surface area (Å²) in [6, 6.07) is 6.56. The molecular weight excluding hydrogens is 248 g/mol. The Kier molecular flexibility index (Phi) is 5.05. The third-order valence-electron chi connectivity index (χ3n) is 3.68. The predicted octanol–water partition coefficient (Wildman–Crippen LogP) is 3.83. The Morgan fingerprint density at radius 2 is 2.05 bits per heavy atom. The van der Waals surface area contributed by atoms with E-state index < -0.39 is 0 Å². The Bertz CT molecular complexity index is 466. The molecule has 0 heterocycles. The summed E-state index contributed by atoms with van der Waals surface area (Å²) in [4.78, 5) is 14.9. The molecule has 20 heavy (non-hydrogen) atoms. The minimum atomic E-state index is 0.188. The molecule has 1 aliphatic carbocycles. The fraction of sp³-hybridized carbons (Fsp3) is 0.588. The molecule has 1 fully saturated rings. The molecule has 1 aromatic carbocycles. The molecular formula is C17H26N2O. The fourth-order valence-corrected chi connectivity index (χ4v) is 2.48. The lowest BCUT2D eigenvalue weighted by atomic mass is 10.1. The summed E-state index contributed by atoms with van der Waals surface area (Å²) in [5.74, 6) is 0.188. The average Bonchev–Trinajstić information content (AvgIpc) is 3.26. The highest BCUT2D eigenvalue weighted by atomic mass is 16.2. The van der Waals surface area contributed by atoms with Gasteiger partial charge in [-0.25, -0.2) is 0 Å². The van der Waals surface area contributed by atoms with Gasteiger partial charge in [-0.05, 0) is 50.3 Å². The van der Waals surface area contributed by atoms with Crippen LogP contribution in [-0.2, 0) is 0 Å². The largest absolute Gasteiger partial charge is 0.384 e. The normalized spacial score (nSPS) is 14.2. The Morgan fingerprint density at radius 1 is 1.30 bits per heavy atom. The Labute approximate surface area is 122 Å². The second kappa shape index (κ2) is 6.78. The third kappa shape index (κ3) is 3.53. The fourth-order valence-electron chi connectivity index (χ4n) is 2.48. The summed E-state index contributed by atoms with van der Waals surface area (Å²) in [6.45, 7) is 8.10. The minimum Gasteiger partial charge on any atom is -0.384 e. The van der Waals surface area contributed by atoms with E-state index in [2.05, 4.69) is 37.1 Å². The van der Waals surface area contributed by atoms with Crippen molar-refractivity contribution in [3.63, 3.8) is 0 Å². The van der Waals surface area contributed by atoms with Crippen LogP contribution >= 0.6 is 0 Å². The van der Waals surface area contributed by atoms with Crippen LogP contribution in [-0.4, -0.2) is 29.9 Å². The highest BCUT2D eigenvalue weighted by Gasteiger charge is 2.33. The van der Waals surface area contributed by atoms with Crippen molar-refractivity contribution >= 4 is 11.6 Å². The Balaban J connectivity index is 2.22. The van der Waals surface area contributed by atoms with Crippen molar-refractivity contribution in [3.8, 4) is 0 Å². The number of hydrogen-bond donors (Lipinski definition) is 1. The third-order valence-corrected chi connectivity index (χ3v) is 3.68. The molecule has 1 aromatic rings. The number of nitrogens with one attached hydrogen (secondary N) is 1. The van der Waals surface area contributed by atoms with Crippen molar-refractivity contribution < 1.29 is 4.79 Å². The van der Waals surface area contributed by atoms with E-state index in [0.29, 0.717) is 6.04 Å². The highest BCUT2D eigenvalue weighted by molar-refractivity contribution is 6.00. The lowest BCUT2D eigenvalue weighted by Crippen LogP contribution is -2.34. The minimum absolute atomic E-state index is 0.188. The van der Waals surface area contributed by atoms with Crippen LogP contribution in [0.1, 0.15) is 55.5 Å². The summed E-state index contributed by atoms with van der Waals surface area (Å²) in [5, 5.41) is 3.39. The van der Waals surface area contributed by atoms with Gasteiger partial charge in [0.15, 0.2) is 0 Å². The van der Waals surface area contributed by atoms with Gasteiger partial charge in [-0.15, -0.1) is 0 Å². The summed E-state index contributed by atoms with van der Waals surface area (Å²) in [7, 11) is 0. The molecule has 0 aliphatic heterocycles. The van der Waals surface area contributed by atoms with E-state index in [-0.39, 0.29) is 5.91 Å². The maximum absolute atomic E-state index is 12.8. The van der Waals surface area contributed by atoms with Gasteiger partial charge >= 0.3 is 0 Å². The van der Waals surface area contributed by atoms with E-state index in [1.807, 2.05) is 12.1 Å². The molecule has 0 spiro atoms. The summed E-state index contributed by atoms with van der Waals surface area (Å²) >= 11 is 0. The van der Waals surface area contributed by atoms with Gasteiger partial charge in [0.2, 0.25) is 0 Å². The number of rotatable bonds is 7. The second-order valence-corrected chi connectivity index (χ2v) is 5.71. The van der Waals surface area contributed by atoms with Gasteiger partial charge in [-0.2, -0.15) is 0 Å². The van der Waals surface area contributed by atoms with E-state index in [0.717, 1.165) is 50.0 Å². The van der Waals surface area contributed by atoms with E-state index in [1.54, 1.807) is 0 Å². The van der Waals surface area contributed by atoms with Crippen molar-refractivity contribution in [1.29, 1.82) is 0 Å². The SMILES string of the molecule is CCCNc1cc(C)ccc1C(=O)N(CCC)C1CC1. The molecule has 0 aromatic heterocycles. The molecule has 0 radical (unpaired) electrons. The van der Waals surface area contributed by atoms with E-state index in [1.165, 1.54) is 5.56 Å². The number of carbonyl (C=O) groups is 1. The second-order valence-electron chi connectivity index (χ2n) is 5.71.